The number of likely N-dealkylation sites (tertiary alicyclic amines) is 1. The van der Waals surface area contributed by atoms with Crippen LogP contribution >= 0.6 is 11.6 Å². The van der Waals surface area contributed by atoms with Gasteiger partial charge in [-0.05, 0) is 37.6 Å². The van der Waals surface area contributed by atoms with Crippen molar-refractivity contribution in [3.05, 3.63) is 64.9 Å². The van der Waals surface area contributed by atoms with Gasteiger partial charge in [0.25, 0.3) is 11.9 Å². The second-order valence-electron chi connectivity index (χ2n) is 8.44. The van der Waals surface area contributed by atoms with E-state index < -0.39 is 0 Å². The van der Waals surface area contributed by atoms with Gasteiger partial charge in [0.1, 0.15) is 5.52 Å². The number of carbonyl (C=O) groups excluding carboxylic acids is 1. The van der Waals surface area contributed by atoms with Crippen LogP contribution in [-0.2, 0) is 0 Å². The second-order valence-corrected chi connectivity index (χ2v) is 8.85. The predicted octanol–water partition coefficient (Wildman–Crippen LogP) is 3.72. The first-order chi connectivity index (χ1) is 15.6. The summed E-state index contributed by atoms with van der Waals surface area (Å²) in [7, 11) is 0. The minimum Gasteiger partial charge on any atom is -0.423 e. The number of anilines is 1. The summed E-state index contributed by atoms with van der Waals surface area (Å²) in [6, 6.07) is 12.1. The van der Waals surface area contributed by atoms with Crippen LogP contribution in [0.5, 0.6) is 0 Å². The SMILES string of the molecule is Cc1ccc(-n2nccn2)c(C(=O)N2CC[C@H]3CN(c4nc5c(Cl)cccc5o4)[C@H]3C2)c1. The van der Waals surface area contributed by atoms with Crippen molar-refractivity contribution in [1.82, 2.24) is 24.9 Å². The third-order valence-electron chi connectivity index (χ3n) is 6.46. The Morgan fingerprint density at radius 3 is 2.81 bits per heavy atom. The molecule has 2 aromatic heterocycles. The summed E-state index contributed by atoms with van der Waals surface area (Å²) in [5, 5.41) is 9.01. The standard InChI is InChI=1S/C23H21ClN6O2/c1-14-5-6-18(30-25-8-9-26-30)16(11-14)22(31)28-10-7-15-12-29(19(15)13-28)23-27-21-17(24)3-2-4-20(21)32-23/h2-6,8-9,11,15,19H,7,10,12-13H2,1H3/t15-,19-/m0/s1. The monoisotopic (exact) mass is 448 g/mol. The maximum atomic E-state index is 13.6. The van der Waals surface area contributed by atoms with E-state index in [0.29, 0.717) is 45.9 Å². The lowest BCUT2D eigenvalue weighted by Crippen LogP contribution is -2.65. The van der Waals surface area contributed by atoms with Crippen molar-refractivity contribution in [2.45, 2.75) is 19.4 Å². The third-order valence-corrected chi connectivity index (χ3v) is 6.77. The molecule has 2 aliphatic rings. The average Bonchev–Trinajstić information content (AvgIpc) is 3.45. The van der Waals surface area contributed by atoms with Crippen molar-refractivity contribution in [3.8, 4) is 5.69 Å². The molecule has 2 saturated heterocycles. The molecule has 32 heavy (non-hydrogen) atoms. The van der Waals surface area contributed by atoms with E-state index in [1.807, 2.05) is 48.2 Å². The fourth-order valence-corrected chi connectivity index (χ4v) is 4.94. The van der Waals surface area contributed by atoms with Gasteiger partial charge < -0.3 is 14.2 Å². The van der Waals surface area contributed by atoms with E-state index in [9.17, 15) is 4.79 Å². The zero-order valence-electron chi connectivity index (χ0n) is 17.5. The zero-order valence-corrected chi connectivity index (χ0v) is 18.2. The van der Waals surface area contributed by atoms with Gasteiger partial charge in [-0.1, -0.05) is 29.3 Å². The summed E-state index contributed by atoms with van der Waals surface area (Å²) in [6.07, 6.45) is 4.17. The highest BCUT2D eigenvalue weighted by molar-refractivity contribution is 6.34. The van der Waals surface area contributed by atoms with Crippen molar-refractivity contribution in [2.75, 3.05) is 24.5 Å². The molecule has 6 rings (SSSR count). The zero-order chi connectivity index (χ0) is 21.8. The van der Waals surface area contributed by atoms with Crippen LogP contribution in [-0.4, -0.2) is 56.5 Å². The smallest absolute Gasteiger partial charge is 0.298 e. The van der Waals surface area contributed by atoms with Gasteiger partial charge in [0.15, 0.2) is 5.58 Å². The van der Waals surface area contributed by atoms with Crippen molar-refractivity contribution >= 4 is 34.6 Å². The van der Waals surface area contributed by atoms with E-state index in [4.69, 9.17) is 16.0 Å². The van der Waals surface area contributed by atoms with Crippen LogP contribution in [0.4, 0.5) is 6.01 Å². The predicted molar refractivity (Wildman–Crippen MR) is 120 cm³/mol. The van der Waals surface area contributed by atoms with Gasteiger partial charge in [0.05, 0.1) is 34.7 Å². The topological polar surface area (TPSA) is 80.3 Å². The molecular formula is C23H21ClN6O2. The fourth-order valence-electron chi connectivity index (χ4n) is 4.73. The molecule has 2 fully saturated rings. The Hall–Kier alpha value is -3.39. The molecule has 2 atom stereocenters. The van der Waals surface area contributed by atoms with E-state index in [1.165, 1.54) is 4.80 Å². The summed E-state index contributed by atoms with van der Waals surface area (Å²) in [6.45, 7) is 4.21. The third kappa shape index (κ3) is 3.05. The number of hydrogen-bond acceptors (Lipinski definition) is 6. The highest BCUT2D eigenvalue weighted by Crippen LogP contribution is 2.38. The molecule has 0 N–H and O–H groups in total. The van der Waals surface area contributed by atoms with Crippen LogP contribution in [0.15, 0.2) is 53.2 Å². The Morgan fingerprint density at radius 2 is 2.00 bits per heavy atom. The molecule has 4 aromatic rings. The number of para-hydroxylation sites is 1. The quantitative estimate of drug-likeness (QED) is 0.475. The van der Waals surface area contributed by atoms with Gasteiger partial charge in [-0.3, -0.25) is 4.79 Å². The fraction of sp³-hybridized carbons (Fsp3) is 0.304. The first-order valence-electron chi connectivity index (χ1n) is 10.7. The van der Waals surface area contributed by atoms with Crippen LogP contribution in [0.2, 0.25) is 5.02 Å². The van der Waals surface area contributed by atoms with Gasteiger partial charge in [0.2, 0.25) is 0 Å². The number of aryl methyl sites for hydroxylation is 1. The Labute approximate surface area is 189 Å². The minimum atomic E-state index is -0.00749. The van der Waals surface area contributed by atoms with Crippen molar-refractivity contribution in [2.24, 2.45) is 5.92 Å². The highest BCUT2D eigenvalue weighted by Gasteiger charge is 2.46. The number of benzene rings is 2. The minimum absolute atomic E-state index is 0.00749. The molecular weight excluding hydrogens is 428 g/mol. The molecule has 162 valence electrons. The van der Waals surface area contributed by atoms with Crippen molar-refractivity contribution in [3.63, 3.8) is 0 Å². The summed E-state index contributed by atoms with van der Waals surface area (Å²) in [5.41, 5.74) is 3.67. The number of halogens is 1. The summed E-state index contributed by atoms with van der Waals surface area (Å²) in [4.78, 5) is 23.7. The van der Waals surface area contributed by atoms with Crippen LogP contribution < -0.4 is 4.90 Å². The van der Waals surface area contributed by atoms with Crippen molar-refractivity contribution in [1.29, 1.82) is 0 Å². The Kier molecular flexibility index (Phi) is 4.43. The molecule has 1 amide bonds. The number of oxazole rings is 1. The maximum Gasteiger partial charge on any atom is 0.298 e. The molecule has 0 aliphatic carbocycles. The number of rotatable bonds is 3. The Balaban J connectivity index is 1.27. The van der Waals surface area contributed by atoms with E-state index in [1.54, 1.807) is 12.4 Å². The second kappa shape index (κ2) is 7.34. The van der Waals surface area contributed by atoms with Crippen LogP contribution in [0.25, 0.3) is 16.8 Å². The molecule has 8 nitrogen and oxygen atoms in total. The first kappa shape index (κ1) is 19.3. The Bertz CT molecular complexity index is 1320. The number of hydrogen-bond donors (Lipinski definition) is 0. The molecule has 0 bridgehead atoms. The number of amides is 1. The van der Waals surface area contributed by atoms with E-state index >= 15 is 0 Å². The highest BCUT2D eigenvalue weighted by atomic mass is 35.5. The van der Waals surface area contributed by atoms with E-state index in [0.717, 1.165) is 25.1 Å². The molecule has 0 unspecified atom stereocenters. The number of aromatic nitrogens is 4. The molecule has 9 heteroatoms. The molecule has 4 heterocycles. The van der Waals surface area contributed by atoms with Crippen LogP contribution in [0.3, 0.4) is 0 Å². The number of carbonyl (C=O) groups is 1. The molecule has 0 radical (unpaired) electrons. The number of nitrogens with zero attached hydrogens (tertiary/aromatic N) is 6. The van der Waals surface area contributed by atoms with Crippen LogP contribution in [0.1, 0.15) is 22.3 Å². The van der Waals surface area contributed by atoms with Gasteiger partial charge in [-0.15, -0.1) is 0 Å². The van der Waals surface area contributed by atoms with E-state index in [-0.39, 0.29) is 11.9 Å². The first-order valence-corrected chi connectivity index (χ1v) is 11.0. The van der Waals surface area contributed by atoms with Gasteiger partial charge >= 0.3 is 0 Å². The normalized spacial score (nSPS) is 20.3. The summed E-state index contributed by atoms with van der Waals surface area (Å²) >= 11 is 6.27. The lowest BCUT2D eigenvalue weighted by Gasteiger charge is -2.52. The maximum absolute atomic E-state index is 13.6. The average molecular weight is 449 g/mol. The molecule has 2 aliphatic heterocycles. The van der Waals surface area contributed by atoms with E-state index in [2.05, 4.69) is 20.1 Å². The Morgan fingerprint density at radius 1 is 1.16 bits per heavy atom. The van der Waals surface area contributed by atoms with Gasteiger partial charge in [-0.2, -0.15) is 20.0 Å². The van der Waals surface area contributed by atoms with Gasteiger partial charge in [0, 0.05) is 25.6 Å². The van der Waals surface area contributed by atoms with Crippen LogP contribution in [0, 0.1) is 12.8 Å². The number of fused-ring (bicyclic) bond motifs is 2. The number of piperidine rings is 1. The lowest BCUT2D eigenvalue weighted by atomic mass is 9.82. The lowest BCUT2D eigenvalue weighted by molar-refractivity contribution is 0.0583. The molecule has 0 spiro atoms. The van der Waals surface area contributed by atoms with Gasteiger partial charge in [-0.25, -0.2) is 0 Å². The summed E-state index contributed by atoms with van der Waals surface area (Å²) in [5.74, 6) is 0.515. The molecule has 2 aromatic carbocycles. The summed E-state index contributed by atoms with van der Waals surface area (Å²) < 4.78 is 5.97. The largest absolute Gasteiger partial charge is 0.423 e. The molecule has 0 saturated carbocycles. The van der Waals surface area contributed by atoms with Crippen molar-refractivity contribution < 1.29 is 9.21 Å².